The van der Waals surface area contributed by atoms with Crippen LogP contribution in [0.3, 0.4) is 0 Å². The number of hydrogen-bond donors (Lipinski definition) is 2. The number of β-amino-alcohol motifs (C(OH)–C–C–N with tert-alkyl or cyclic N) is 1. The SMILES string of the molecule is O=C(COC(=O)[C@@H]1C[C@H](O)CN1S(=O)(=O)c1ccc(Cl)cc1)NC1CC1. The summed E-state index contributed by atoms with van der Waals surface area (Å²) in [5.41, 5.74) is 0. The van der Waals surface area contributed by atoms with Crippen LogP contribution in [0.1, 0.15) is 19.3 Å². The van der Waals surface area contributed by atoms with Gasteiger partial charge in [-0.25, -0.2) is 8.42 Å². The van der Waals surface area contributed by atoms with E-state index in [4.69, 9.17) is 16.3 Å². The van der Waals surface area contributed by atoms with Gasteiger partial charge in [-0.15, -0.1) is 0 Å². The number of nitrogens with one attached hydrogen (secondary N) is 1. The lowest BCUT2D eigenvalue weighted by Gasteiger charge is -2.22. The van der Waals surface area contributed by atoms with Crippen LogP contribution in [0.5, 0.6) is 0 Å². The number of esters is 1. The Morgan fingerprint density at radius 3 is 2.54 bits per heavy atom. The van der Waals surface area contributed by atoms with E-state index in [0.717, 1.165) is 17.1 Å². The molecule has 1 aromatic carbocycles. The number of sulfonamides is 1. The van der Waals surface area contributed by atoms with E-state index in [1.54, 1.807) is 0 Å². The van der Waals surface area contributed by atoms with Gasteiger partial charge in [0.2, 0.25) is 10.0 Å². The second kappa shape index (κ2) is 7.51. The summed E-state index contributed by atoms with van der Waals surface area (Å²) in [6, 6.07) is 4.46. The van der Waals surface area contributed by atoms with Crippen molar-refractivity contribution in [2.75, 3.05) is 13.2 Å². The standard InChI is InChI=1S/C16H19ClN2O6S/c17-10-1-5-13(6-2-10)26(23,24)19-8-12(20)7-14(19)16(22)25-9-15(21)18-11-3-4-11/h1-2,5-6,11-12,14,20H,3-4,7-9H2,(H,18,21)/t12-,14-/m0/s1. The number of ether oxygens (including phenoxy) is 1. The van der Waals surface area contributed by atoms with Gasteiger partial charge in [-0.3, -0.25) is 9.59 Å². The first-order valence-electron chi connectivity index (χ1n) is 8.19. The number of carbonyl (C=O) groups is 2. The van der Waals surface area contributed by atoms with E-state index in [0.29, 0.717) is 5.02 Å². The topological polar surface area (TPSA) is 113 Å². The van der Waals surface area contributed by atoms with Crippen molar-refractivity contribution in [2.24, 2.45) is 0 Å². The maximum absolute atomic E-state index is 12.8. The van der Waals surface area contributed by atoms with Crippen LogP contribution in [-0.4, -0.2) is 61.0 Å². The summed E-state index contributed by atoms with van der Waals surface area (Å²) in [7, 11) is -4.02. The molecule has 1 saturated carbocycles. The van der Waals surface area contributed by atoms with Crippen LogP contribution < -0.4 is 5.32 Å². The van der Waals surface area contributed by atoms with E-state index >= 15 is 0 Å². The van der Waals surface area contributed by atoms with E-state index in [1.807, 2.05) is 0 Å². The molecule has 0 radical (unpaired) electrons. The van der Waals surface area contributed by atoms with Crippen LogP contribution >= 0.6 is 11.6 Å². The third-order valence-electron chi connectivity index (χ3n) is 4.21. The van der Waals surface area contributed by atoms with Crippen LogP contribution in [0.2, 0.25) is 5.02 Å². The molecule has 1 saturated heterocycles. The van der Waals surface area contributed by atoms with Crippen molar-refractivity contribution >= 4 is 33.5 Å². The molecule has 3 rings (SSSR count). The molecule has 0 spiro atoms. The molecule has 142 valence electrons. The first-order valence-corrected chi connectivity index (χ1v) is 10.0. The van der Waals surface area contributed by atoms with E-state index in [1.165, 1.54) is 24.3 Å². The highest BCUT2D eigenvalue weighted by molar-refractivity contribution is 7.89. The fourth-order valence-corrected chi connectivity index (χ4v) is 4.49. The fraction of sp³-hybridized carbons (Fsp3) is 0.500. The molecular weight excluding hydrogens is 384 g/mol. The second-order valence-corrected chi connectivity index (χ2v) is 8.71. The van der Waals surface area contributed by atoms with Crippen molar-refractivity contribution in [3.05, 3.63) is 29.3 Å². The van der Waals surface area contributed by atoms with Crippen molar-refractivity contribution in [2.45, 2.75) is 42.3 Å². The molecule has 0 aromatic heterocycles. The summed E-state index contributed by atoms with van der Waals surface area (Å²) in [4.78, 5) is 23.9. The maximum Gasteiger partial charge on any atom is 0.325 e. The van der Waals surface area contributed by atoms with E-state index < -0.39 is 40.7 Å². The zero-order valence-corrected chi connectivity index (χ0v) is 15.4. The number of nitrogens with zero attached hydrogens (tertiary/aromatic N) is 1. The molecule has 2 fully saturated rings. The van der Waals surface area contributed by atoms with Gasteiger partial charge in [-0.2, -0.15) is 4.31 Å². The zero-order valence-electron chi connectivity index (χ0n) is 13.8. The molecule has 10 heteroatoms. The minimum Gasteiger partial charge on any atom is -0.454 e. The second-order valence-electron chi connectivity index (χ2n) is 6.38. The highest BCUT2D eigenvalue weighted by atomic mass is 35.5. The summed E-state index contributed by atoms with van der Waals surface area (Å²) in [5.74, 6) is -1.28. The largest absolute Gasteiger partial charge is 0.454 e. The van der Waals surface area contributed by atoms with Crippen molar-refractivity contribution in [3.63, 3.8) is 0 Å². The summed E-state index contributed by atoms with van der Waals surface area (Å²) >= 11 is 5.77. The van der Waals surface area contributed by atoms with Gasteiger partial charge in [-0.1, -0.05) is 11.6 Å². The average molecular weight is 403 g/mol. The number of carbonyl (C=O) groups excluding carboxylic acids is 2. The lowest BCUT2D eigenvalue weighted by molar-refractivity contribution is -0.151. The van der Waals surface area contributed by atoms with E-state index in [2.05, 4.69) is 5.32 Å². The molecule has 8 nitrogen and oxygen atoms in total. The van der Waals surface area contributed by atoms with Gasteiger partial charge < -0.3 is 15.2 Å². The maximum atomic E-state index is 12.8. The third-order valence-corrected chi connectivity index (χ3v) is 6.35. The molecule has 2 N–H and O–H groups in total. The van der Waals surface area contributed by atoms with Gasteiger partial charge in [0.1, 0.15) is 6.04 Å². The van der Waals surface area contributed by atoms with Gasteiger partial charge in [0.15, 0.2) is 6.61 Å². The third kappa shape index (κ3) is 4.35. The number of aliphatic hydroxyl groups is 1. The highest BCUT2D eigenvalue weighted by Crippen LogP contribution is 2.28. The normalized spacial score (nSPS) is 23.6. The molecule has 2 aliphatic rings. The Balaban J connectivity index is 1.69. The van der Waals surface area contributed by atoms with Crippen LogP contribution in [-0.2, 0) is 24.3 Å². The number of rotatable bonds is 6. The summed E-state index contributed by atoms with van der Waals surface area (Å²) in [6.45, 7) is -0.699. The Morgan fingerprint density at radius 1 is 1.27 bits per heavy atom. The van der Waals surface area contributed by atoms with Crippen molar-refractivity contribution in [1.29, 1.82) is 0 Å². The lowest BCUT2D eigenvalue weighted by atomic mass is 10.2. The monoisotopic (exact) mass is 402 g/mol. The molecule has 1 heterocycles. The number of halogens is 1. The molecule has 0 bridgehead atoms. The van der Waals surface area contributed by atoms with Crippen LogP contribution in [0.15, 0.2) is 29.2 Å². The van der Waals surface area contributed by atoms with Gasteiger partial charge in [0.25, 0.3) is 5.91 Å². The van der Waals surface area contributed by atoms with Crippen LogP contribution in [0.4, 0.5) is 0 Å². The molecule has 0 unspecified atom stereocenters. The molecule has 1 amide bonds. The van der Waals surface area contributed by atoms with E-state index in [-0.39, 0.29) is 23.9 Å². The van der Waals surface area contributed by atoms with Gasteiger partial charge in [-0.05, 0) is 37.1 Å². The molecule has 1 aromatic rings. The Kier molecular flexibility index (Phi) is 5.52. The Hall–Kier alpha value is -1.68. The minimum atomic E-state index is -4.02. The molecule has 1 aliphatic heterocycles. The fourth-order valence-electron chi connectivity index (χ4n) is 2.74. The van der Waals surface area contributed by atoms with Crippen molar-refractivity contribution in [1.82, 2.24) is 9.62 Å². The van der Waals surface area contributed by atoms with Gasteiger partial charge in [0, 0.05) is 24.0 Å². The molecular formula is C16H19ClN2O6S. The Bertz CT molecular complexity index is 793. The molecule has 2 atom stereocenters. The Labute approximate surface area is 156 Å². The summed E-state index contributed by atoms with van der Waals surface area (Å²) in [5, 5.41) is 12.9. The predicted molar refractivity (Wildman–Crippen MR) is 91.9 cm³/mol. The molecule has 1 aliphatic carbocycles. The van der Waals surface area contributed by atoms with Crippen molar-refractivity contribution < 1.29 is 27.9 Å². The summed E-state index contributed by atoms with van der Waals surface area (Å²) in [6.07, 6.45) is 0.731. The first-order chi connectivity index (χ1) is 12.3. The Morgan fingerprint density at radius 2 is 1.92 bits per heavy atom. The van der Waals surface area contributed by atoms with Gasteiger partial charge in [0.05, 0.1) is 11.0 Å². The highest BCUT2D eigenvalue weighted by Gasteiger charge is 2.44. The smallest absolute Gasteiger partial charge is 0.325 e. The zero-order chi connectivity index (χ0) is 18.9. The van der Waals surface area contributed by atoms with Crippen LogP contribution in [0, 0.1) is 0 Å². The van der Waals surface area contributed by atoms with Crippen molar-refractivity contribution in [3.8, 4) is 0 Å². The predicted octanol–water partition coefficient (Wildman–Crippen LogP) is 0.286. The minimum absolute atomic E-state index is 0.0414. The number of aliphatic hydroxyl groups excluding tert-OH is 1. The first kappa shape index (κ1) is 19.1. The summed E-state index contributed by atoms with van der Waals surface area (Å²) < 4.78 is 31.4. The van der Waals surface area contributed by atoms with Gasteiger partial charge >= 0.3 is 5.97 Å². The number of hydrogen-bond acceptors (Lipinski definition) is 6. The molecule has 26 heavy (non-hydrogen) atoms. The quantitative estimate of drug-likeness (QED) is 0.661. The lowest BCUT2D eigenvalue weighted by Crippen LogP contribution is -2.42. The number of amides is 1. The van der Waals surface area contributed by atoms with Crippen LogP contribution in [0.25, 0.3) is 0 Å². The average Bonchev–Trinajstić information content (AvgIpc) is 3.31. The van der Waals surface area contributed by atoms with E-state index in [9.17, 15) is 23.1 Å². The number of benzene rings is 1.